The summed E-state index contributed by atoms with van der Waals surface area (Å²) < 4.78 is 0. The van der Waals surface area contributed by atoms with Crippen molar-refractivity contribution in [2.24, 2.45) is 0 Å². The van der Waals surface area contributed by atoms with Crippen molar-refractivity contribution in [1.82, 2.24) is 0 Å². The standard InChI is InChI=1S/C15H15NO/c1-16-10-6-7-13-11-4-2-3-5-12(11)15(9-17)14(13)8-10/h2-8,15-17H,9H2,1H3. The molecule has 1 unspecified atom stereocenters. The van der Waals surface area contributed by atoms with Crippen LogP contribution in [-0.2, 0) is 0 Å². The molecule has 1 aliphatic rings. The third-order valence-electron chi connectivity index (χ3n) is 3.52. The minimum atomic E-state index is 0.120. The van der Waals surface area contributed by atoms with Crippen molar-refractivity contribution < 1.29 is 5.11 Å². The van der Waals surface area contributed by atoms with Gasteiger partial charge in [0.05, 0.1) is 6.61 Å². The second-order valence-corrected chi connectivity index (χ2v) is 4.37. The van der Waals surface area contributed by atoms with Crippen LogP contribution >= 0.6 is 0 Å². The maximum atomic E-state index is 9.60. The molecule has 0 heterocycles. The van der Waals surface area contributed by atoms with E-state index >= 15 is 0 Å². The Kier molecular flexibility index (Phi) is 2.37. The van der Waals surface area contributed by atoms with Crippen molar-refractivity contribution in [3.63, 3.8) is 0 Å². The molecule has 17 heavy (non-hydrogen) atoms. The van der Waals surface area contributed by atoms with Crippen LogP contribution in [0.2, 0.25) is 0 Å². The molecule has 0 radical (unpaired) electrons. The van der Waals surface area contributed by atoms with Crippen LogP contribution in [0.25, 0.3) is 11.1 Å². The first-order valence-corrected chi connectivity index (χ1v) is 5.87. The lowest BCUT2D eigenvalue weighted by Crippen LogP contribution is -2.02. The van der Waals surface area contributed by atoms with Crippen LogP contribution in [0.15, 0.2) is 42.5 Å². The van der Waals surface area contributed by atoms with Crippen LogP contribution in [0.5, 0.6) is 0 Å². The number of hydrogen-bond donors (Lipinski definition) is 2. The predicted molar refractivity (Wildman–Crippen MR) is 70.4 cm³/mol. The third-order valence-corrected chi connectivity index (χ3v) is 3.52. The van der Waals surface area contributed by atoms with E-state index in [0.29, 0.717) is 0 Å². The molecule has 0 fully saturated rings. The molecule has 0 saturated carbocycles. The van der Waals surface area contributed by atoms with E-state index in [1.165, 1.54) is 22.3 Å². The Morgan fingerprint density at radius 2 is 1.82 bits per heavy atom. The van der Waals surface area contributed by atoms with Gasteiger partial charge in [0.25, 0.3) is 0 Å². The number of nitrogens with one attached hydrogen (secondary N) is 1. The molecular formula is C15H15NO. The minimum Gasteiger partial charge on any atom is -0.395 e. The second-order valence-electron chi connectivity index (χ2n) is 4.37. The molecule has 2 aromatic carbocycles. The quantitative estimate of drug-likeness (QED) is 0.823. The molecule has 2 heteroatoms. The van der Waals surface area contributed by atoms with Gasteiger partial charge in [-0.15, -0.1) is 0 Å². The lowest BCUT2D eigenvalue weighted by atomic mass is 9.98. The van der Waals surface area contributed by atoms with Gasteiger partial charge in [-0.25, -0.2) is 0 Å². The number of anilines is 1. The number of hydrogen-bond acceptors (Lipinski definition) is 2. The molecule has 0 saturated heterocycles. The SMILES string of the molecule is CNc1ccc2c(c1)C(CO)c1ccccc1-2. The Bertz CT molecular complexity index is 563. The molecule has 0 aromatic heterocycles. The van der Waals surface area contributed by atoms with E-state index < -0.39 is 0 Å². The van der Waals surface area contributed by atoms with Gasteiger partial charge < -0.3 is 10.4 Å². The summed E-state index contributed by atoms with van der Waals surface area (Å²) in [7, 11) is 1.91. The fourth-order valence-corrected chi connectivity index (χ4v) is 2.66. The topological polar surface area (TPSA) is 32.3 Å². The van der Waals surface area contributed by atoms with E-state index in [0.717, 1.165) is 5.69 Å². The van der Waals surface area contributed by atoms with Crippen molar-refractivity contribution in [3.05, 3.63) is 53.6 Å². The zero-order valence-corrected chi connectivity index (χ0v) is 9.77. The van der Waals surface area contributed by atoms with Crippen LogP contribution in [0.3, 0.4) is 0 Å². The second kappa shape index (κ2) is 3.90. The summed E-state index contributed by atoms with van der Waals surface area (Å²) in [6.45, 7) is 0.164. The molecule has 2 nitrogen and oxygen atoms in total. The van der Waals surface area contributed by atoms with Gasteiger partial charge in [0.1, 0.15) is 0 Å². The van der Waals surface area contributed by atoms with Gasteiger partial charge in [0.15, 0.2) is 0 Å². The Hall–Kier alpha value is -1.80. The van der Waals surface area contributed by atoms with Crippen molar-refractivity contribution in [2.45, 2.75) is 5.92 Å². The molecule has 0 bridgehead atoms. The molecule has 2 aromatic rings. The van der Waals surface area contributed by atoms with Crippen molar-refractivity contribution >= 4 is 5.69 Å². The monoisotopic (exact) mass is 225 g/mol. The maximum Gasteiger partial charge on any atom is 0.0540 e. The van der Waals surface area contributed by atoms with Gasteiger partial charge in [-0.3, -0.25) is 0 Å². The predicted octanol–water partition coefficient (Wildman–Crippen LogP) is 2.83. The van der Waals surface area contributed by atoms with E-state index in [-0.39, 0.29) is 12.5 Å². The minimum absolute atomic E-state index is 0.120. The average molecular weight is 225 g/mol. The average Bonchev–Trinajstić information content (AvgIpc) is 2.71. The van der Waals surface area contributed by atoms with Gasteiger partial charge >= 0.3 is 0 Å². The van der Waals surface area contributed by atoms with Crippen LogP contribution < -0.4 is 5.32 Å². The van der Waals surface area contributed by atoms with Crippen LogP contribution in [0, 0.1) is 0 Å². The molecular weight excluding hydrogens is 210 g/mol. The molecule has 0 aliphatic heterocycles. The zero-order chi connectivity index (χ0) is 11.8. The fourth-order valence-electron chi connectivity index (χ4n) is 2.66. The third kappa shape index (κ3) is 1.45. The Morgan fingerprint density at radius 1 is 1.06 bits per heavy atom. The lowest BCUT2D eigenvalue weighted by molar-refractivity contribution is 0.282. The summed E-state index contributed by atoms with van der Waals surface area (Å²) in [5, 5.41) is 12.7. The summed E-state index contributed by atoms with van der Waals surface area (Å²) in [5.74, 6) is 0.120. The first-order valence-electron chi connectivity index (χ1n) is 5.87. The maximum absolute atomic E-state index is 9.60. The largest absolute Gasteiger partial charge is 0.395 e. The van der Waals surface area contributed by atoms with Gasteiger partial charge in [0, 0.05) is 18.7 Å². The van der Waals surface area contributed by atoms with Crippen molar-refractivity contribution in [1.29, 1.82) is 0 Å². The number of aliphatic hydroxyl groups is 1. The fraction of sp³-hybridized carbons (Fsp3) is 0.200. The van der Waals surface area contributed by atoms with E-state index in [1.807, 2.05) is 19.2 Å². The molecule has 1 aliphatic carbocycles. The molecule has 0 spiro atoms. The Labute approximate surface area is 101 Å². The van der Waals surface area contributed by atoms with E-state index in [4.69, 9.17) is 0 Å². The normalized spacial score (nSPS) is 16.5. The van der Waals surface area contributed by atoms with Gasteiger partial charge in [-0.05, 0) is 34.4 Å². The first kappa shape index (κ1) is 10.4. The molecule has 1 atom stereocenters. The van der Waals surface area contributed by atoms with E-state index in [2.05, 4.69) is 35.6 Å². The van der Waals surface area contributed by atoms with Gasteiger partial charge in [0.2, 0.25) is 0 Å². The molecule has 3 rings (SSSR count). The highest BCUT2D eigenvalue weighted by Gasteiger charge is 2.27. The number of aliphatic hydroxyl groups excluding tert-OH is 1. The Balaban J connectivity index is 2.23. The molecule has 2 N–H and O–H groups in total. The van der Waals surface area contributed by atoms with Crippen LogP contribution in [0.4, 0.5) is 5.69 Å². The van der Waals surface area contributed by atoms with Crippen molar-refractivity contribution in [2.75, 3.05) is 19.0 Å². The summed E-state index contributed by atoms with van der Waals surface area (Å²) in [6.07, 6.45) is 0. The Morgan fingerprint density at radius 3 is 2.59 bits per heavy atom. The lowest BCUT2D eigenvalue weighted by Gasteiger charge is -2.10. The zero-order valence-electron chi connectivity index (χ0n) is 9.77. The highest BCUT2D eigenvalue weighted by molar-refractivity contribution is 5.80. The van der Waals surface area contributed by atoms with Crippen molar-refractivity contribution in [3.8, 4) is 11.1 Å². The smallest absolute Gasteiger partial charge is 0.0540 e. The highest BCUT2D eigenvalue weighted by atomic mass is 16.3. The highest BCUT2D eigenvalue weighted by Crippen LogP contribution is 2.45. The molecule has 0 amide bonds. The van der Waals surface area contributed by atoms with Crippen LogP contribution in [-0.4, -0.2) is 18.8 Å². The number of fused-ring (bicyclic) bond motifs is 3. The van der Waals surface area contributed by atoms with E-state index in [9.17, 15) is 5.11 Å². The number of benzene rings is 2. The summed E-state index contributed by atoms with van der Waals surface area (Å²) in [4.78, 5) is 0. The molecule has 86 valence electrons. The number of rotatable bonds is 2. The summed E-state index contributed by atoms with van der Waals surface area (Å²) in [5.41, 5.74) is 6.05. The first-order chi connectivity index (χ1) is 8.35. The summed E-state index contributed by atoms with van der Waals surface area (Å²) >= 11 is 0. The van der Waals surface area contributed by atoms with Crippen LogP contribution in [0.1, 0.15) is 17.0 Å². The van der Waals surface area contributed by atoms with Gasteiger partial charge in [-0.2, -0.15) is 0 Å². The summed E-state index contributed by atoms with van der Waals surface area (Å²) in [6, 6.07) is 14.7. The van der Waals surface area contributed by atoms with E-state index in [1.54, 1.807) is 0 Å². The van der Waals surface area contributed by atoms with Gasteiger partial charge in [-0.1, -0.05) is 30.3 Å².